The Balaban J connectivity index is 1.57. The number of carbonyl (C=O) groups is 3. The molecule has 0 radical (unpaired) electrons. The maximum atomic E-state index is 13.7. The average molecular weight is 590 g/mol. The van der Waals surface area contributed by atoms with Crippen LogP contribution in [0.5, 0.6) is 0 Å². The molecule has 0 saturated carbocycles. The summed E-state index contributed by atoms with van der Waals surface area (Å²) >= 11 is 1.44. The lowest BCUT2D eigenvalue weighted by Crippen LogP contribution is -2.57. The Morgan fingerprint density at radius 2 is 1.83 bits per heavy atom. The van der Waals surface area contributed by atoms with Gasteiger partial charge in [0.05, 0.1) is 37.4 Å². The normalized spacial score (nSPS) is 17.9. The molecule has 0 unspecified atom stereocenters. The number of amides is 3. The van der Waals surface area contributed by atoms with Crippen LogP contribution in [0.15, 0.2) is 30.5 Å². The van der Waals surface area contributed by atoms with Gasteiger partial charge in [-0.05, 0) is 40.6 Å². The van der Waals surface area contributed by atoms with Crippen LogP contribution in [-0.4, -0.2) is 89.8 Å². The van der Waals surface area contributed by atoms with Gasteiger partial charge in [0.2, 0.25) is 17.7 Å². The van der Waals surface area contributed by atoms with Crippen LogP contribution in [0.3, 0.4) is 0 Å². The van der Waals surface area contributed by atoms with E-state index < -0.39 is 29.5 Å². The molecule has 1 fully saturated rings. The van der Waals surface area contributed by atoms with Crippen molar-refractivity contribution in [2.75, 3.05) is 39.5 Å². The number of nitrogens with zero attached hydrogens (tertiary/aromatic N) is 2. The maximum Gasteiger partial charge on any atom is 0.246 e. The third-order valence-corrected chi connectivity index (χ3v) is 7.77. The van der Waals surface area contributed by atoms with Gasteiger partial charge in [-0.3, -0.25) is 14.4 Å². The summed E-state index contributed by atoms with van der Waals surface area (Å²) in [6, 6.07) is 6.16. The van der Waals surface area contributed by atoms with Gasteiger partial charge < -0.3 is 35.8 Å². The molecule has 5 N–H and O–H groups in total. The number of β-amino-alcohol motifs (C(OH)–C–C–N with tert-alkyl or cyclic N) is 1. The van der Waals surface area contributed by atoms with Crippen molar-refractivity contribution in [3.8, 4) is 10.4 Å². The molecular formula is C29H43N5O6S. The maximum absolute atomic E-state index is 13.7. The van der Waals surface area contributed by atoms with E-state index in [1.165, 1.54) is 16.4 Å². The minimum absolute atomic E-state index is 0.0220. The predicted molar refractivity (Wildman–Crippen MR) is 157 cm³/mol. The number of aryl methyl sites for hydroxylation is 1. The molecule has 1 aliphatic heterocycles. The Morgan fingerprint density at radius 1 is 1.15 bits per heavy atom. The number of aliphatic hydroxyl groups excluding tert-OH is 1. The summed E-state index contributed by atoms with van der Waals surface area (Å²) in [6.45, 7) is 9.66. The highest BCUT2D eigenvalue weighted by Gasteiger charge is 2.44. The zero-order valence-electron chi connectivity index (χ0n) is 24.4. The van der Waals surface area contributed by atoms with Crippen LogP contribution in [-0.2, 0) is 30.4 Å². The lowest BCUT2D eigenvalue weighted by Gasteiger charge is -2.35. The second kappa shape index (κ2) is 15.4. The number of carbonyl (C=O) groups excluding carboxylic acids is 3. The molecule has 0 spiro atoms. The number of nitrogens with two attached hydrogens (primary N) is 1. The molecule has 1 aromatic heterocycles. The quantitative estimate of drug-likeness (QED) is 0.242. The minimum atomic E-state index is -0.883. The number of hydrogen-bond donors (Lipinski definition) is 4. The third kappa shape index (κ3) is 9.57. The smallest absolute Gasteiger partial charge is 0.246 e. The summed E-state index contributed by atoms with van der Waals surface area (Å²) in [4.78, 5) is 42.0. The highest BCUT2D eigenvalue weighted by atomic mass is 32.1. The van der Waals surface area contributed by atoms with Crippen LogP contribution in [0.1, 0.15) is 44.7 Å². The monoisotopic (exact) mass is 589 g/mol. The molecule has 11 nitrogen and oxygen atoms in total. The van der Waals surface area contributed by atoms with E-state index in [1.54, 1.807) is 0 Å². The molecular weight excluding hydrogens is 546 g/mol. The number of aromatic nitrogens is 1. The molecule has 12 heteroatoms. The van der Waals surface area contributed by atoms with Crippen molar-refractivity contribution >= 4 is 29.3 Å². The van der Waals surface area contributed by atoms with Crippen LogP contribution >= 0.6 is 11.5 Å². The number of ether oxygens (including phenoxy) is 2. The first kappa shape index (κ1) is 32.6. The van der Waals surface area contributed by atoms with Gasteiger partial charge in [-0.25, -0.2) is 4.37 Å². The topological polar surface area (TPSA) is 156 Å². The van der Waals surface area contributed by atoms with E-state index in [0.717, 1.165) is 21.6 Å². The zero-order valence-corrected chi connectivity index (χ0v) is 25.2. The van der Waals surface area contributed by atoms with Crippen molar-refractivity contribution < 1.29 is 29.0 Å². The molecule has 0 bridgehead atoms. The number of benzene rings is 1. The number of hydrogen-bond acceptors (Lipinski definition) is 9. The Hall–Kier alpha value is -2.90. The largest absolute Gasteiger partial charge is 0.391 e. The highest BCUT2D eigenvalue weighted by Crippen LogP contribution is 2.28. The summed E-state index contributed by atoms with van der Waals surface area (Å²) in [5, 5.41) is 16.1. The number of rotatable bonds is 14. The summed E-state index contributed by atoms with van der Waals surface area (Å²) < 4.78 is 14.9. The number of likely N-dealkylation sites (tertiary alicyclic amines) is 1. The van der Waals surface area contributed by atoms with E-state index in [9.17, 15) is 19.5 Å². The molecule has 2 heterocycles. The summed E-state index contributed by atoms with van der Waals surface area (Å²) in [6.07, 6.45) is 1.21. The van der Waals surface area contributed by atoms with Gasteiger partial charge in [-0.2, -0.15) is 0 Å². The van der Waals surface area contributed by atoms with E-state index >= 15 is 0 Å². The Labute approximate surface area is 245 Å². The Bertz CT molecular complexity index is 1150. The fourth-order valence-corrected chi connectivity index (χ4v) is 5.33. The molecule has 1 aliphatic rings. The van der Waals surface area contributed by atoms with Crippen LogP contribution in [0, 0.1) is 12.3 Å². The first-order chi connectivity index (χ1) is 19.5. The van der Waals surface area contributed by atoms with E-state index in [0.29, 0.717) is 26.4 Å². The lowest BCUT2D eigenvalue weighted by molar-refractivity contribution is -0.144. The van der Waals surface area contributed by atoms with Crippen LogP contribution in [0.4, 0.5) is 0 Å². The van der Waals surface area contributed by atoms with Gasteiger partial charge in [0.25, 0.3) is 0 Å². The average Bonchev–Trinajstić information content (AvgIpc) is 3.54. The second-order valence-corrected chi connectivity index (χ2v) is 12.1. The van der Waals surface area contributed by atoms with E-state index in [4.69, 9.17) is 15.2 Å². The fraction of sp³-hybridized carbons (Fsp3) is 0.586. The summed E-state index contributed by atoms with van der Waals surface area (Å²) in [5.41, 5.74) is 7.83. The van der Waals surface area contributed by atoms with Crippen molar-refractivity contribution in [3.05, 3.63) is 41.6 Å². The van der Waals surface area contributed by atoms with E-state index in [-0.39, 0.29) is 44.4 Å². The van der Waals surface area contributed by atoms with Crippen molar-refractivity contribution in [1.29, 1.82) is 0 Å². The van der Waals surface area contributed by atoms with Crippen molar-refractivity contribution in [2.24, 2.45) is 11.1 Å². The van der Waals surface area contributed by atoms with Gasteiger partial charge in [-0.15, -0.1) is 0 Å². The fourth-order valence-electron chi connectivity index (χ4n) is 4.57. The molecule has 3 atom stereocenters. The van der Waals surface area contributed by atoms with Crippen molar-refractivity contribution in [2.45, 2.75) is 65.3 Å². The summed E-state index contributed by atoms with van der Waals surface area (Å²) in [7, 11) is 0. The highest BCUT2D eigenvalue weighted by molar-refractivity contribution is 7.09. The van der Waals surface area contributed by atoms with Gasteiger partial charge >= 0.3 is 0 Å². The number of aliphatic hydroxyl groups is 1. The Kier molecular flexibility index (Phi) is 12.2. The minimum Gasteiger partial charge on any atom is -0.391 e. The molecule has 3 amide bonds. The molecule has 1 aromatic carbocycles. The van der Waals surface area contributed by atoms with Crippen LogP contribution < -0.4 is 16.4 Å². The molecule has 2 aromatic rings. The molecule has 1 saturated heterocycles. The van der Waals surface area contributed by atoms with Gasteiger partial charge in [0.15, 0.2) is 0 Å². The van der Waals surface area contributed by atoms with Gasteiger partial charge in [0, 0.05) is 38.7 Å². The van der Waals surface area contributed by atoms with Gasteiger partial charge in [-0.1, -0.05) is 45.0 Å². The SMILES string of the molecule is Cc1cnsc1-c1ccc(CNC(=O)[C@@H]2C[C@@H](O)CN2C(=O)[C@@H](NC(=O)CCOCCOCCN)C(C)(C)C)cc1. The van der Waals surface area contributed by atoms with E-state index in [2.05, 4.69) is 15.0 Å². The molecule has 41 heavy (non-hydrogen) atoms. The first-order valence-corrected chi connectivity index (χ1v) is 14.7. The molecule has 226 valence electrons. The van der Waals surface area contributed by atoms with Crippen LogP contribution in [0.25, 0.3) is 10.4 Å². The van der Waals surface area contributed by atoms with E-state index in [1.807, 2.05) is 58.2 Å². The third-order valence-electron chi connectivity index (χ3n) is 6.82. The zero-order chi connectivity index (χ0) is 30.0. The first-order valence-electron chi connectivity index (χ1n) is 13.9. The van der Waals surface area contributed by atoms with Crippen molar-refractivity contribution in [1.82, 2.24) is 19.9 Å². The lowest BCUT2D eigenvalue weighted by atomic mass is 9.85. The molecule has 3 rings (SSSR count). The predicted octanol–water partition coefficient (Wildman–Crippen LogP) is 1.61. The van der Waals surface area contributed by atoms with Crippen LogP contribution in [0.2, 0.25) is 0 Å². The second-order valence-electron chi connectivity index (χ2n) is 11.3. The standard InChI is InChI=1S/C29H43N5O6S/c1-19-16-32-41-25(19)21-7-5-20(6-8-21)17-31-27(37)23-15-22(35)18-34(23)28(38)26(29(2,3)4)33-24(36)9-11-39-13-14-40-12-10-30/h5-8,16,22-23,26,35H,9-15,17-18,30H2,1-4H3,(H,31,37)(H,33,36)/t22-,23+,26-/m1/s1. The van der Waals surface area contributed by atoms with Crippen molar-refractivity contribution in [3.63, 3.8) is 0 Å². The summed E-state index contributed by atoms with van der Waals surface area (Å²) in [5.74, 6) is -1.08. The molecule has 0 aliphatic carbocycles. The Morgan fingerprint density at radius 3 is 2.44 bits per heavy atom. The number of nitrogens with one attached hydrogen (secondary N) is 2. The van der Waals surface area contributed by atoms with Gasteiger partial charge in [0.1, 0.15) is 12.1 Å².